The van der Waals surface area contributed by atoms with Crippen molar-refractivity contribution in [1.82, 2.24) is 29.4 Å². The SMILES string of the molecule is CN(C)C(=O)Cn1cc(-n2ccc(-c3cncc4ccccc34)n2)cn1. The zero-order chi connectivity index (χ0) is 18.1. The zero-order valence-electron chi connectivity index (χ0n) is 14.6. The molecule has 7 heteroatoms. The van der Waals surface area contributed by atoms with E-state index in [1.165, 1.54) is 0 Å². The van der Waals surface area contributed by atoms with Crippen LogP contribution in [0.15, 0.2) is 61.3 Å². The molecule has 4 aromatic rings. The van der Waals surface area contributed by atoms with Crippen molar-refractivity contribution in [3.8, 4) is 16.9 Å². The van der Waals surface area contributed by atoms with Crippen LogP contribution in [-0.2, 0) is 11.3 Å². The van der Waals surface area contributed by atoms with E-state index in [1.54, 1.807) is 40.8 Å². The molecule has 0 fully saturated rings. The molecule has 0 aliphatic heterocycles. The van der Waals surface area contributed by atoms with Crippen LogP contribution in [0.1, 0.15) is 0 Å². The summed E-state index contributed by atoms with van der Waals surface area (Å²) in [5.41, 5.74) is 2.62. The molecule has 7 nitrogen and oxygen atoms in total. The van der Waals surface area contributed by atoms with E-state index < -0.39 is 0 Å². The van der Waals surface area contributed by atoms with Gasteiger partial charge in [-0.3, -0.25) is 14.5 Å². The summed E-state index contributed by atoms with van der Waals surface area (Å²) in [7, 11) is 3.45. The van der Waals surface area contributed by atoms with Crippen molar-refractivity contribution in [3.63, 3.8) is 0 Å². The lowest BCUT2D eigenvalue weighted by atomic mass is 10.1. The minimum Gasteiger partial charge on any atom is -0.347 e. The largest absolute Gasteiger partial charge is 0.347 e. The summed E-state index contributed by atoms with van der Waals surface area (Å²) in [5, 5.41) is 11.1. The molecular weight excluding hydrogens is 328 g/mol. The Bertz CT molecular complexity index is 1070. The Morgan fingerprint density at radius 2 is 1.96 bits per heavy atom. The Morgan fingerprint density at radius 1 is 1.12 bits per heavy atom. The lowest BCUT2D eigenvalue weighted by molar-refractivity contribution is -0.129. The quantitative estimate of drug-likeness (QED) is 0.569. The normalized spacial score (nSPS) is 11.0. The van der Waals surface area contributed by atoms with Gasteiger partial charge in [-0.25, -0.2) is 4.68 Å². The molecule has 0 unspecified atom stereocenters. The highest BCUT2D eigenvalue weighted by Crippen LogP contribution is 2.26. The van der Waals surface area contributed by atoms with E-state index in [1.807, 2.05) is 42.9 Å². The number of aromatic nitrogens is 5. The van der Waals surface area contributed by atoms with E-state index in [0.29, 0.717) is 0 Å². The van der Waals surface area contributed by atoms with Crippen molar-refractivity contribution in [2.24, 2.45) is 0 Å². The van der Waals surface area contributed by atoms with Crippen molar-refractivity contribution in [2.75, 3.05) is 14.1 Å². The van der Waals surface area contributed by atoms with E-state index >= 15 is 0 Å². The summed E-state index contributed by atoms with van der Waals surface area (Å²) >= 11 is 0. The van der Waals surface area contributed by atoms with Crippen LogP contribution in [-0.4, -0.2) is 49.4 Å². The molecule has 0 spiro atoms. The summed E-state index contributed by atoms with van der Waals surface area (Å²) in [6.07, 6.45) is 9.06. The predicted molar refractivity (Wildman–Crippen MR) is 98.8 cm³/mol. The van der Waals surface area contributed by atoms with Crippen LogP contribution in [0.3, 0.4) is 0 Å². The summed E-state index contributed by atoms with van der Waals surface area (Å²) < 4.78 is 3.36. The second-order valence-electron chi connectivity index (χ2n) is 6.24. The van der Waals surface area contributed by atoms with Crippen molar-refractivity contribution in [1.29, 1.82) is 0 Å². The Morgan fingerprint density at radius 3 is 2.81 bits per heavy atom. The maximum absolute atomic E-state index is 11.8. The van der Waals surface area contributed by atoms with E-state index in [0.717, 1.165) is 27.7 Å². The third-order valence-electron chi connectivity index (χ3n) is 4.21. The number of pyridine rings is 1. The number of fused-ring (bicyclic) bond motifs is 1. The van der Waals surface area contributed by atoms with Gasteiger partial charge >= 0.3 is 0 Å². The van der Waals surface area contributed by atoms with E-state index in [9.17, 15) is 4.79 Å². The first-order valence-electron chi connectivity index (χ1n) is 8.23. The number of rotatable bonds is 4. The van der Waals surface area contributed by atoms with Gasteiger partial charge in [-0.1, -0.05) is 24.3 Å². The summed E-state index contributed by atoms with van der Waals surface area (Å²) in [4.78, 5) is 17.7. The average molecular weight is 346 g/mol. The first kappa shape index (κ1) is 16.0. The number of benzene rings is 1. The van der Waals surface area contributed by atoms with Gasteiger partial charge < -0.3 is 4.90 Å². The second-order valence-corrected chi connectivity index (χ2v) is 6.24. The number of hydrogen-bond donors (Lipinski definition) is 0. The topological polar surface area (TPSA) is 68.8 Å². The Balaban J connectivity index is 1.64. The number of hydrogen-bond acceptors (Lipinski definition) is 4. The molecule has 0 saturated heterocycles. The van der Waals surface area contributed by atoms with Crippen LogP contribution in [0.25, 0.3) is 27.7 Å². The molecule has 3 aromatic heterocycles. The van der Waals surface area contributed by atoms with Gasteiger partial charge in [0, 0.05) is 43.6 Å². The van der Waals surface area contributed by atoms with Crippen LogP contribution in [0.5, 0.6) is 0 Å². The number of amides is 1. The van der Waals surface area contributed by atoms with Gasteiger partial charge in [0.1, 0.15) is 12.2 Å². The molecule has 0 N–H and O–H groups in total. The average Bonchev–Trinajstić information content (AvgIpc) is 3.30. The fraction of sp³-hybridized carbons (Fsp3) is 0.158. The van der Waals surface area contributed by atoms with Crippen molar-refractivity contribution in [3.05, 3.63) is 61.3 Å². The van der Waals surface area contributed by atoms with Gasteiger partial charge in [-0.15, -0.1) is 0 Å². The zero-order valence-corrected chi connectivity index (χ0v) is 14.6. The summed E-state index contributed by atoms with van der Waals surface area (Å²) in [6.45, 7) is 0.203. The van der Waals surface area contributed by atoms with Gasteiger partial charge in [0.05, 0.1) is 18.1 Å². The van der Waals surface area contributed by atoms with Crippen LogP contribution < -0.4 is 0 Å². The number of likely N-dealkylation sites (N-methyl/N-ethyl adjacent to an activating group) is 1. The smallest absolute Gasteiger partial charge is 0.243 e. The molecule has 3 heterocycles. The Hall–Kier alpha value is -3.48. The minimum atomic E-state index is -0.0114. The van der Waals surface area contributed by atoms with Crippen LogP contribution in [0.4, 0.5) is 0 Å². The summed E-state index contributed by atoms with van der Waals surface area (Å²) in [6, 6.07) is 10.1. The highest BCUT2D eigenvalue weighted by Gasteiger charge is 2.11. The molecule has 1 amide bonds. The highest BCUT2D eigenvalue weighted by atomic mass is 16.2. The minimum absolute atomic E-state index is 0.0114. The van der Waals surface area contributed by atoms with Gasteiger partial charge in [-0.2, -0.15) is 10.2 Å². The number of nitrogens with zero attached hydrogens (tertiary/aromatic N) is 6. The van der Waals surface area contributed by atoms with Gasteiger partial charge in [0.15, 0.2) is 0 Å². The molecule has 1 aromatic carbocycles. The molecule has 0 atom stereocenters. The monoisotopic (exact) mass is 346 g/mol. The highest BCUT2D eigenvalue weighted by molar-refractivity contribution is 5.94. The van der Waals surface area contributed by atoms with E-state index in [-0.39, 0.29) is 12.5 Å². The van der Waals surface area contributed by atoms with Crippen LogP contribution in [0.2, 0.25) is 0 Å². The second kappa shape index (κ2) is 6.44. The molecular formula is C19H18N6O. The van der Waals surface area contributed by atoms with Crippen molar-refractivity contribution in [2.45, 2.75) is 6.54 Å². The number of carbonyl (C=O) groups excluding carboxylic acids is 1. The molecule has 26 heavy (non-hydrogen) atoms. The van der Waals surface area contributed by atoms with Gasteiger partial charge in [-0.05, 0) is 11.5 Å². The fourth-order valence-electron chi connectivity index (χ4n) is 2.77. The van der Waals surface area contributed by atoms with E-state index in [4.69, 9.17) is 0 Å². The third kappa shape index (κ3) is 2.95. The first-order valence-corrected chi connectivity index (χ1v) is 8.23. The lowest BCUT2D eigenvalue weighted by Crippen LogP contribution is -2.26. The molecule has 0 radical (unpaired) electrons. The predicted octanol–water partition coefficient (Wildman–Crippen LogP) is 2.37. The standard InChI is InChI=1S/C19H18N6O/c1-23(2)19(26)13-24-12-15(10-21-24)25-8-7-18(22-25)17-11-20-9-14-5-3-4-6-16(14)17/h3-12H,13H2,1-2H3. The summed E-state index contributed by atoms with van der Waals surface area (Å²) in [5.74, 6) is -0.0114. The maximum atomic E-state index is 11.8. The maximum Gasteiger partial charge on any atom is 0.243 e. The Kier molecular flexibility index (Phi) is 3.96. The molecule has 0 aliphatic carbocycles. The Labute approximate surface area is 150 Å². The molecule has 130 valence electrons. The van der Waals surface area contributed by atoms with E-state index in [2.05, 4.69) is 21.2 Å². The molecule has 0 bridgehead atoms. The molecule has 4 rings (SSSR count). The van der Waals surface area contributed by atoms with Gasteiger partial charge in [0.25, 0.3) is 0 Å². The van der Waals surface area contributed by atoms with Crippen molar-refractivity contribution < 1.29 is 4.79 Å². The first-order chi connectivity index (χ1) is 12.6. The van der Waals surface area contributed by atoms with Gasteiger partial charge in [0.2, 0.25) is 5.91 Å². The fourth-order valence-corrected chi connectivity index (χ4v) is 2.77. The molecule has 0 saturated carbocycles. The third-order valence-corrected chi connectivity index (χ3v) is 4.21. The molecule has 0 aliphatic rings. The lowest BCUT2D eigenvalue weighted by Gasteiger charge is -2.09. The number of carbonyl (C=O) groups is 1. The van der Waals surface area contributed by atoms with Crippen LogP contribution >= 0.6 is 0 Å². The van der Waals surface area contributed by atoms with Crippen molar-refractivity contribution >= 4 is 16.7 Å². The van der Waals surface area contributed by atoms with Crippen LogP contribution in [0, 0.1) is 0 Å².